The zero-order valence-electron chi connectivity index (χ0n) is 31.2. The number of carbonyl (C=O) groups is 6. The first-order valence-corrected chi connectivity index (χ1v) is 18.6. The standard InChI is InChI=1S/C36H66N4O10/c1-29(2)11-7-5-9-13-31(41)39(22-17-35(47)48)24-23-38(21-16-34(45)46)25-28-40(26-18-36(49)50,27-20-37-19-15-33(43)44)32(42)14-10-6-8-12-30(3)4/h29-30,37H,5-28H2,1-4H3,(H3-,43,44,45,46,47,48,49,50)/p+1. The summed E-state index contributed by atoms with van der Waals surface area (Å²) in [6.45, 7) is 10.4. The number of carboxylic acid groups (broad SMARTS) is 4. The Morgan fingerprint density at radius 1 is 0.520 bits per heavy atom. The number of hydrogen-bond donors (Lipinski definition) is 5. The van der Waals surface area contributed by atoms with Gasteiger partial charge in [0.25, 0.3) is 0 Å². The van der Waals surface area contributed by atoms with Crippen LogP contribution in [-0.2, 0) is 28.8 Å². The number of aliphatic carboxylic acids is 4. The van der Waals surface area contributed by atoms with Gasteiger partial charge in [-0.2, -0.15) is 0 Å². The van der Waals surface area contributed by atoms with Gasteiger partial charge < -0.3 is 30.6 Å². The first-order valence-electron chi connectivity index (χ1n) is 18.6. The number of amides is 2. The van der Waals surface area contributed by atoms with E-state index in [1.165, 1.54) is 4.90 Å². The number of nitrogens with one attached hydrogen (secondary N) is 1. The molecule has 1 atom stereocenters. The van der Waals surface area contributed by atoms with E-state index in [1.54, 1.807) is 0 Å². The highest BCUT2D eigenvalue weighted by Gasteiger charge is 2.36. The Bertz CT molecular complexity index is 1020. The topological polar surface area (TPSA) is 202 Å². The van der Waals surface area contributed by atoms with Gasteiger partial charge >= 0.3 is 29.8 Å². The van der Waals surface area contributed by atoms with Crippen molar-refractivity contribution in [2.45, 2.75) is 118 Å². The molecule has 2 amide bonds. The molecule has 0 aliphatic rings. The van der Waals surface area contributed by atoms with E-state index in [0.29, 0.717) is 31.1 Å². The highest BCUT2D eigenvalue weighted by Crippen LogP contribution is 2.17. The largest absolute Gasteiger partial charge is 0.481 e. The van der Waals surface area contributed by atoms with Crippen LogP contribution in [0.15, 0.2) is 0 Å². The van der Waals surface area contributed by atoms with E-state index in [9.17, 15) is 44.1 Å². The lowest BCUT2D eigenvalue weighted by molar-refractivity contribution is -0.853. The minimum absolute atomic E-state index is 0.0306. The summed E-state index contributed by atoms with van der Waals surface area (Å²) >= 11 is 0. The van der Waals surface area contributed by atoms with Crippen molar-refractivity contribution in [3.8, 4) is 0 Å². The molecule has 0 saturated carbocycles. The molecule has 290 valence electrons. The summed E-state index contributed by atoms with van der Waals surface area (Å²) in [5.74, 6) is -3.17. The lowest BCUT2D eigenvalue weighted by atomic mass is 10.0. The lowest BCUT2D eigenvalue weighted by Gasteiger charge is -2.38. The maximum absolute atomic E-state index is 14.0. The van der Waals surface area contributed by atoms with Gasteiger partial charge in [0.1, 0.15) is 0 Å². The van der Waals surface area contributed by atoms with Gasteiger partial charge in [0.15, 0.2) is 0 Å². The smallest absolute Gasteiger partial charge is 0.313 e. The quantitative estimate of drug-likeness (QED) is 0.0481. The van der Waals surface area contributed by atoms with Crippen LogP contribution in [0.2, 0.25) is 0 Å². The number of rotatable bonds is 33. The first kappa shape index (κ1) is 46.9. The van der Waals surface area contributed by atoms with Gasteiger partial charge in [0, 0.05) is 52.2 Å². The fraction of sp³-hybridized carbons (Fsp3) is 0.833. The summed E-state index contributed by atoms with van der Waals surface area (Å²) in [7, 11) is 0. The number of nitrogens with zero attached hydrogens (tertiary/aromatic N) is 3. The van der Waals surface area contributed by atoms with Crippen LogP contribution >= 0.6 is 0 Å². The van der Waals surface area contributed by atoms with Crippen LogP contribution in [-0.4, -0.2) is 136 Å². The molecule has 0 aromatic rings. The fourth-order valence-corrected chi connectivity index (χ4v) is 5.81. The Labute approximate surface area is 299 Å². The highest BCUT2D eigenvalue weighted by molar-refractivity contribution is 5.77. The van der Waals surface area contributed by atoms with E-state index < -0.39 is 23.9 Å². The monoisotopic (exact) mass is 715 g/mol. The van der Waals surface area contributed by atoms with Crippen molar-refractivity contribution in [2.75, 3.05) is 65.4 Å². The van der Waals surface area contributed by atoms with Gasteiger partial charge in [-0.15, -0.1) is 0 Å². The van der Waals surface area contributed by atoms with Crippen LogP contribution in [0.25, 0.3) is 0 Å². The zero-order chi connectivity index (χ0) is 38.0. The van der Waals surface area contributed by atoms with E-state index in [-0.39, 0.29) is 114 Å². The molecule has 0 bridgehead atoms. The first-order chi connectivity index (χ1) is 23.6. The second kappa shape index (κ2) is 27.6. The average molecular weight is 716 g/mol. The Morgan fingerprint density at radius 2 is 1.06 bits per heavy atom. The highest BCUT2D eigenvalue weighted by atomic mass is 16.4. The van der Waals surface area contributed by atoms with Gasteiger partial charge in [-0.1, -0.05) is 66.2 Å². The zero-order valence-corrected chi connectivity index (χ0v) is 31.2. The van der Waals surface area contributed by atoms with E-state index in [1.807, 2.05) is 4.90 Å². The van der Waals surface area contributed by atoms with Crippen molar-refractivity contribution in [1.29, 1.82) is 0 Å². The minimum Gasteiger partial charge on any atom is -0.481 e. The molecule has 1 unspecified atom stereocenters. The molecule has 14 heteroatoms. The Kier molecular flexibility index (Phi) is 25.9. The fourth-order valence-electron chi connectivity index (χ4n) is 5.81. The Morgan fingerprint density at radius 3 is 1.60 bits per heavy atom. The molecule has 14 nitrogen and oxygen atoms in total. The van der Waals surface area contributed by atoms with Crippen molar-refractivity contribution < 1.29 is 53.7 Å². The Balaban J connectivity index is 5.99. The molecular formula is C36H67N4O10+. The number of carboxylic acids is 4. The molecule has 0 heterocycles. The van der Waals surface area contributed by atoms with Gasteiger partial charge in [0.05, 0.1) is 51.7 Å². The number of unbranched alkanes of at least 4 members (excludes halogenated alkanes) is 4. The van der Waals surface area contributed by atoms with Crippen molar-refractivity contribution in [3.63, 3.8) is 0 Å². The molecule has 0 radical (unpaired) electrons. The third kappa shape index (κ3) is 24.9. The van der Waals surface area contributed by atoms with Gasteiger partial charge in [-0.25, -0.2) is 4.79 Å². The molecule has 5 N–H and O–H groups in total. The van der Waals surface area contributed by atoms with Crippen LogP contribution < -0.4 is 5.32 Å². The van der Waals surface area contributed by atoms with Gasteiger partial charge in [-0.05, 0) is 24.7 Å². The van der Waals surface area contributed by atoms with Crippen molar-refractivity contribution in [2.24, 2.45) is 11.8 Å². The minimum atomic E-state index is -1.05. The number of quaternary nitrogens is 1. The van der Waals surface area contributed by atoms with Crippen molar-refractivity contribution in [3.05, 3.63) is 0 Å². The van der Waals surface area contributed by atoms with E-state index >= 15 is 0 Å². The molecule has 0 fully saturated rings. The summed E-state index contributed by atoms with van der Waals surface area (Å²) in [4.78, 5) is 76.1. The predicted octanol–water partition coefficient (Wildman–Crippen LogP) is 4.16. The molecule has 0 aromatic carbocycles. The molecule has 0 aliphatic heterocycles. The molecular weight excluding hydrogens is 648 g/mol. The summed E-state index contributed by atoms with van der Waals surface area (Å²) < 4.78 is -0.155. The SMILES string of the molecule is CC(C)CCCCCC(=O)N(CCC(=O)O)CCN(CCC(=O)O)CC[N+](CCNCCC(=O)O)(CCC(=O)O)C(=O)CCCCCC(C)C. The number of carbonyl (C=O) groups excluding carboxylic acids is 2. The molecule has 50 heavy (non-hydrogen) atoms. The summed E-state index contributed by atoms with van der Waals surface area (Å²) in [5.41, 5.74) is 0. The lowest BCUT2D eigenvalue weighted by Crippen LogP contribution is -2.59. The number of hydrogen-bond acceptors (Lipinski definition) is 8. The predicted molar refractivity (Wildman–Crippen MR) is 191 cm³/mol. The molecule has 0 aliphatic carbocycles. The summed E-state index contributed by atoms with van der Waals surface area (Å²) in [5, 5.41) is 40.4. The average Bonchev–Trinajstić information content (AvgIpc) is 3.02. The van der Waals surface area contributed by atoms with E-state index in [2.05, 4.69) is 33.0 Å². The summed E-state index contributed by atoms with van der Waals surface area (Å²) in [6, 6.07) is 0. The second-order valence-electron chi connectivity index (χ2n) is 14.2. The molecule has 0 saturated heterocycles. The summed E-state index contributed by atoms with van der Waals surface area (Å²) in [6.07, 6.45) is 7.02. The third-order valence-electron chi connectivity index (χ3n) is 8.98. The second-order valence-corrected chi connectivity index (χ2v) is 14.2. The van der Waals surface area contributed by atoms with Gasteiger partial charge in [-0.3, -0.25) is 33.4 Å². The molecule has 0 spiro atoms. The third-order valence-corrected chi connectivity index (χ3v) is 8.98. The van der Waals surface area contributed by atoms with Crippen molar-refractivity contribution >= 4 is 35.7 Å². The van der Waals surface area contributed by atoms with Crippen LogP contribution in [0.5, 0.6) is 0 Å². The maximum atomic E-state index is 14.0. The molecule has 0 aromatic heterocycles. The van der Waals surface area contributed by atoms with Crippen LogP contribution in [0, 0.1) is 11.8 Å². The van der Waals surface area contributed by atoms with Gasteiger partial charge in [0.2, 0.25) is 5.91 Å². The van der Waals surface area contributed by atoms with Crippen molar-refractivity contribution in [1.82, 2.24) is 15.1 Å². The van der Waals surface area contributed by atoms with Crippen LogP contribution in [0.1, 0.15) is 118 Å². The van der Waals surface area contributed by atoms with Crippen LogP contribution in [0.4, 0.5) is 0 Å². The molecule has 0 rings (SSSR count). The maximum Gasteiger partial charge on any atom is 0.313 e. The normalized spacial score (nSPS) is 12.7. The Hall–Kier alpha value is -3.10. The van der Waals surface area contributed by atoms with E-state index in [4.69, 9.17) is 5.11 Å². The van der Waals surface area contributed by atoms with E-state index in [0.717, 1.165) is 38.5 Å². The van der Waals surface area contributed by atoms with Crippen LogP contribution in [0.3, 0.4) is 0 Å².